The van der Waals surface area contributed by atoms with Crippen LogP contribution >= 0.6 is 0 Å². The minimum absolute atomic E-state index is 0.504. The molecule has 0 heterocycles. The van der Waals surface area contributed by atoms with Crippen LogP contribution in [0.5, 0.6) is 0 Å². The summed E-state index contributed by atoms with van der Waals surface area (Å²) in [7, 11) is 4.22. The predicted octanol–water partition coefficient (Wildman–Crippen LogP) is 2.95. The van der Waals surface area contributed by atoms with E-state index in [1.165, 1.54) is 22.3 Å². The van der Waals surface area contributed by atoms with Gasteiger partial charge in [-0.3, -0.25) is 0 Å². The van der Waals surface area contributed by atoms with E-state index in [0.717, 1.165) is 19.6 Å². The van der Waals surface area contributed by atoms with Crippen molar-refractivity contribution < 1.29 is 0 Å². The summed E-state index contributed by atoms with van der Waals surface area (Å²) in [6, 6.07) is 17.7. The first-order valence-corrected chi connectivity index (χ1v) is 7.32. The van der Waals surface area contributed by atoms with Crippen molar-refractivity contribution in [1.29, 1.82) is 0 Å². The fraction of sp³-hybridized carbons (Fsp3) is 0.333. The molecule has 0 amide bonds. The number of nitrogens with one attached hydrogen (secondary N) is 1. The van der Waals surface area contributed by atoms with Gasteiger partial charge < -0.3 is 10.2 Å². The number of benzene rings is 2. The van der Waals surface area contributed by atoms with Crippen LogP contribution in [0, 0.1) is 0 Å². The van der Waals surface area contributed by atoms with E-state index in [9.17, 15) is 0 Å². The SMILES string of the molecule is CNCCN(C)CC1c2ccccc2-c2ccccc21. The third kappa shape index (κ3) is 2.37. The summed E-state index contributed by atoms with van der Waals surface area (Å²) in [4.78, 5) is 2.42. The fourth-order valence-corrected chi connectivity index (χ4v) is 3.16. The van der Waals surface area contributed by atoms with Crippen LogP contribution in [0.15, 0.2) is 48.5 Å². The molecule has 0 saturated heterocycles. The van der Waals surface area contributed by atoms with Gasteiger partial charge in [-0.25, -0.2) is 0 Å². The van der Waals surface area contributed by atoms with Crippen molar-refractivity contribution in [2.24, 2.45) is 0 Å². The van der Waals surface area contributed by atoms with E-state index >= 15 is 0 Å². The van der Waals surface area contributed by atoms with Crippen LogP contribution in [0.1, 0.15) is 17.0 Å². The lowest BCUT2D eigenvalue weighted by molar-refractivity contribution is 0.326. The number of nitrogens with zero attached hydrogens (tertiary/aromatic N) is 1. The lowest BCUT2D eigenvalue weighted by Crippen LogP contribution is -2.30. The van der Waals surface area contributed by atoms with Gasteiger partial charge in [0.25, 0.3) is 0 Å². The van der Waals surface area contributed by atoms with Gasteiger partial charge in [-0.1, -0.05) is 48.5 Å². The maximum atomic E-state index is 3.22. The van der Waals surface area contributed by atoms with Crippen LogP contribution in [0.2, 0.25) is 0 Å². The topological polar surface area (TPSA) is 15.3 Å². The maximum Gasteiger partial charge on any atom is 0.0229 e. The molecule has 104 valence electrons. The Bertz CT molecular complexity index is 546. The molecular weight excluding hydrogens is 244 g/mol. The van der Waals surface area contributed by atoms with Crippen molar-refractivity contribution in [2.45, 2.75) is 5.92 Å². The quantitative estimate of drug-likeness (QED) is 0.895. The van der Waals surface area contributed by atoms with Crippen molar-refractivity contribution >= 4 is 0 Å². The minimum atomic E-state index is 0.504. The van der Waals surface area contributed by atoms with E-state index in [2.05, 4.69) is 65.8 Å². The second kappa shape index (κ2) is 5.78. The molecule has 2 nitrogen and oxygen atoms in total. The molecule has 2 aromatic rings. The Morgan fingerprint density at radius 1 is 0.950 bits per heavy atom. The lowest BCUT2D eigenvalue weighted by atomic mass is 9.96. The molecule has 0 bridgehead atoms. The molecule has 3 rings (SSSR count). The first kappa shape index (κ1) is 13.3. The van der Waals surface area contributed by atoms with Gasteiger partial charge in [0.05, 0.1) is 0 Å². The van der Waals surface area contributed by atoms with Gasteiger partial charge in [-0.2, -0.15) is 0 Å². The van der Waals surface area contributed by atoms with Crippen LogP contribution in [0.3, 0.4) is 0 Å². The van der Waals surface area contributed by atoms with Crippen molar-refractivity contribution in [3.05, 3.63) is 59.7 Å². The summed E-state index contributed by atoms with van der Waals surface area (Å²) < 4.78 is 0. The van der Waals surface area contributed by atoms with Crippen molar-refractivity contribution in [3.8, 4) is 11.1 Å². The van der Waals surface area contributed by atoms with E-state index in [-0.39, 0.29) is 0 Å². The molecule has 2 aromatic carbocycles. The zero-order chi connectivity index (χ0) is 13.9. The molecule has 0 saturated carbocycles. The summed E-state index contributed by atoms with van der Waals surface area (Å²) in [6.07, 6.45) is 0. The second-order valence-electron chi connectivity index (χ2n) is 5.59. The number of hydrogen-bond acceptors (Lipinski definition) is 2. The average molecular weight is 266 g/mol. The first-order valence-electron chi connectivity index (χ1n) is 7.32. The molecule has 0 atom stereocenters. The van der Waals surface area contributed by atoms with Crippen LogP contribution < -0.4 is 5.32 Å². The van der Waals surface area contributed by atoms with Gasteiger partial charge in [0.2, 0.25) is 0 Å². The number of rotatable bonds is 5. The molecule has 0 fully saturated rings. The summed E-state index contributed by atoms with van der Waals surface area (Å²) in [5.41, 5.74) is 5.78. The number of likely N-dealkylation sites (N-methyl/N-ethyl adjacent to an activating group) is 2. The van der Waals surface area contributed by atoms with Crippen LogP contribution in [-0.2, 0) is 0 Å². The zero-order valence-corrected chi connectivity index (χ0v) is 12.3. The molecular formula is C18H22N2. The lowest BCUT2D eigenvalue weighted by Gasteiger charge is -2.22. The van der Waals surface area contributed by atoms with Crippen molar-refractivity contribution in [2.75, 3.05) is 33.7 Å². The predicted molar refractivity (Wildman–Crippen MR) is 85.1 cm³/mol. The highest BCUT2D eigenvalue weighted by Gasteiger charge is 2.28. The summed E-state index contributed by atoms with van der Waals surface area (Å²) >= 11 is 0. The van der Waals surface area contributed by atoms with E-state index in [1.54, 1.807) is 0 Å². The highest BCUT2D eigenvalue weighted by Crippen LogP contribution is 2.44. The fourth-order valence-electron chi connectivity index (χ4n) is 3.16. The Morgan fingerprint density at radius 2 is 1.50 bits per heavy atom. The highest BCUT2D eigenvalue weighted by molar-refractivity contribution is 5.78. The van der Waals surface area contributed by atoms with E-state index < -0.39 is 0 Å². The van der Waals surface area contributed by atoms with Gasteiger partial charge in [0.15, 0.2) is 0 Å². The Kier molecular flexibility index (Phi) is 3.86. The van der Waals surface area contributed by atoms with E-state index in [4.69, 9.17) is 0 Å². The Morgan fingerprint density at radius 3 is 2.05 bits per heavy atom. The summed E-state index contributed by atoms with van der Waals surface area (Å²) in [6.45, 7) is 3.19. The molecule has 0 spiro atoms. The number of fused-ring (bicyclic) bond motifs is 3. The first-order chi connectivity index (χ1) is 9.81. The molecule has 0 radical (unpaired) electrons. The smallest absolute Gasteiger partial charge is 0.0229 e. The normalized spacial score (nSPS) is 13.6. The van der Waals surface area contributed by atoms with Gasteiger partial charge in [-0.05, 0) is 36.3 Å². The van der Waals surface area contributed by atoms with E-state index in [0.29, 0.717) is 5.92 Å². The monoisotopic (exact) mass is 266 g/mol. The van der Waals surface area contributed by atoms with Crippen LogP contribution in [0.25, 0.3) is 11.1 Å². The summed E-state index contributed by atoms with van der Waals surface area (Å²) in [5.74, 6) is 0.504. The molecule has 1 N–H and O–H groups in total. The molecule has 0 aliphatic heterocycles. The second-order valence-corrected chi connectivity index (χ2v) is 5.59. The number of hydrogen-bond donors (Lipinski definition) is 1. The molecule has 2 heteroatoms. The van der Waals surface area contributed by atoms with Crippen LogP contribution in [0.4, 0.5) is 0 Å². The standard InChI is InChI=1S/C18H22N2/c1-19-11-12-20(2)13-18-16-9-5-3-7-14(16)15-8-4-6-10-17(15)18/h3-10,18-19H,11-13H2,1-2H3. The van der Waals surface area contributed by atoms with Gasteiger partial charge in [-0.15, -0.1) is 0 Å². The Labute approximate surface area is 121 Å². The van der Waals surface area contributed by atoms with Crippen LogP contribution in [-0.4, -0.2) is 38.6 Å². The Hall–Kier alpha value is -1.64. The zero-order valence-electron chi connectivity index (χ0n) is 12.3. The Balaban J connectivity index is 1.91. The molecule has 1 aliphatic carbocycles. The van der Waals surface area contributed by atoms with Gasteiger partial charge >= 0.3 is 0 Å². The third-order valence-electron chi connectivity index (χ3n) is 4.20. The molecule has 0 aromatic heterocycles. The van der Waals surface area contributed by atoms with Gasteiger partial charge in [0.1, 0.15) is 0 Å². The molecule has 20 heavy (non-hydrogen) atoms. The van der Waals surface area contributed by atoms with Gasteiger partial charge in [0, 0.05) is 25.6 Å². The average Bonchev–Trinajstić information content (AvgIpc) is 2.80. The highest BCUT2D eigenvalue weighted by atomic mass is 15.1. The van der Waals surface area contributed by atoms with E-state index in [1.807, 2.05) is 7.05 Å². The maximum absolute atomic E-state index is 3.22. The molecule has 1 aliphatic rings. The minimum Gasteiger partial charge on any atom is -0.318 e. The largest absolute Gasteiger partial charge is 0.318 e. The van der Waals surface area contributed by atoms with Crippen molar-refractivity contribution in [1.82, 2.24) is 10.2 Å². The third-order valence-corrected chi connectivity index (χ3v) is 4.20. The van der Waals surface area contributed by atoms with Crippen molar-refractivity contribution in [3.63, 3.8) is 0 Å². The summed E-state index contributed by atoms with van der Waals surface area (Å²) in [5, 5.41) is 3.22. The molecule has 0 unspecified atom stereocenters.